The molecule has 1 heterocycles. The van der Waals surface area contributed by atoms with Gasteiger partial charge in [0.15, 0.2) is 5.75 Å². The van der Waals surface area contributed by atoms with Crippen molar-refractivity contribution >= 4 is 5.97 Å². The van der Waals surface area contributed by atoms with E-state index in [1.807, 2.05) is 0 Å². The number of nitrogens with zero attached hydrogens (tertiary/aromatic N) is 1. The van der Waals surface area contributed by atoms with Gasteiger partial charge in [-0.2, -0.15) is 0 Å². The van der Waals surface area contributed by atoms with Crippen LogP contribution in [0.3, 0.4) is 0 Å². The number of aryl methyl sites for hydroxylation is 1. The van der Waals surface area contributed by atoms with E-state index in [9.17, 15) is 14.7 Å². The van der Waals surface area contributed by atoms with Crippen molar-refractivity contribution in [3.05, 3.63) is 58.0 Å². The smallest absolute Gasteiger partial charge is 0.335 e. The molecule has 2 N–H and O–H groups in total. The highest BCUT2D eigenvalue weighted by Gasteiger charge is 2.06. The summed E-state index contributed by atoms with van der Waals surface area (Å²) in [6.45, 7) is 1.73. The Kier molecular flexibility index (Phi) is 2.89. The molecule has 5 nitrogen and oxygen atoms in total. The molecule has 0 aliphatic rings. The number of carboxylic acid groups (broad SMARTS) is 1. The second kappa shape index (κ2) is 4.37. The van der Waals surface area contributed by atoms with Crippen LogP contribution in [-0.2, 0) is 0 Å². The Morgan fingerprint density at radius 2 is 1.83 bits per heavy atom. The van der Waals surface area contributed by atoms with E-state index in [1.54, 1.807) is 23.6 Å². The largest absolute Gasteiger partial charge is 0.503 e. The Morgan fingerprint density at radius 1 is 1.22 bits per heavy atom. The molecule has 18 heavy (non-hydrogen) atoms. The van der Waals surface area contributed by atoms with Crippen molar-refractivity contribution in [3.8, 4) is 11.4 Å². The van der Waals surface area contributed by atoms with Crippen LogP contribution in [0.1, 0.15) is 16.1 Å². The fourth-order valence-electron chi connectivity index (χ4n) is 1.66. The molecule has 2 aromatic rings. The molecule has 0 fully saturated rings. The molecular weight excluding hydrogens is 234 g/mol. The Morgan fingerprint density at radius 3 is 2.39 bits per heavy atom. The van der Waals surface area contributed by atoms with E-state index >= 15 is 0 Å². The van der Waals surface area contributed by atoms with Crippen LogP contribution in [0.4, 0.5) is 0 Å². The molecule has 2 rings (SSSR count). The maximum absolute atomic E-state index is 11.2. The van der Waals surface area contributed by atoms with Crippen LogP contribution in [0.25, 0.3) is 5.69 Å². The summed E-state index contributed by atoms with van der Waals surface area (Å²) in [5.74, 6) is -1.34. The highest BCUT2D eigenvalue weighted by atomic mass is 16.4. The standard InChI is InChI=1S/C13H11NO4/c1-8-6-11(15)12(16)7-14(8)10-4-2-9(3-5-10)13(17)18/h2-7,16H,1H3,(H,17,18). The van der Waals surface area contributed by atoms with E-state index in [0.29, 0.717) is 11.4 Å². The number of aromatic hydroxyl groups is 1. The first kappa shape index (κ1) is 11.9. The summed E-state index contributed by atoms with van der Waals surface area (Å²) in [5, 5.41) is 18.2. The van der Waals surface area contributed by atoms with Crippen LogP contribution in [0.5, 0.6) is 5.75 Å². The third kappa shape index (κ3) is 2.10. The van der Waals surface area contributed by atoms with Gasteiger partial charge in [0.2, 0.25) is 5.43 Å². The number of benzene rings is 1. The van der Waals surface area contributed by atoms with E-state index < -0.39 is 11.4 Å². The SMILES string of the molecule is Cc1cc(=O)c(O)cn1-c1ccc(C(=O)O)cc1. The molecule has 0 amide bonds. The lowest BCUT2D eigenvalue weighted by Crippen LogP contribution is -2.08. The second-order valence-corrected chi connectivity index (χ2v) is 3.89. The van der Waals surface area contributed by atoms with Crippen molar-refractivity contribution in [3.63, 3.8) is 0 Å². The van der Waals surface area contributed by atoms with E-state index in [-0.39, 0.29) is 11.3 Å². The van der Waals surface area contributed by atoms with Crippen LogP contribution in [0.15, 0.2) is 41.3 Å². The maximum Gasteiger partial charge on any atom is 0.335 e. The monoisotopic (exact) mass is 245 g/mol. The van der Waals surface area contributed by atoms with E-state index in [1.165, 1.54) is 24.4 Å². The lowest BCUT2D eigenvalue weighted by atomic mass is 10.2. The van der Waals surface area contributed by atoms with Gasteiger partial charge in [0.05, 0.1) is 11.8 Å². The quantitative estimate of drug-likeness (QED) is 0.841. The minimum Gasteiger partial charge on any atom is -0.503 e. The van der Waals surface area contributed by atoms with Gasteiger partial charge in [-0.15, -0.1) is 0 Å². The van der Waals surface area contributed by atoms with Crippen molar-refractivity contribution in [2.75, 3.05) is 0 Å². The van der Waals surface area contributed by atoms with Gasteiger partial charge >= 0.3 is 5.97 Å². The topological polar surface area (TPSA) is 79.5 Å². The number of pyridine rings is 1. The molecule has 0 saturated carbocycles. The van der Waals surface area contributed by atoms with Crippen LogP contribution >= 0.6 is 0 Å². The zero-order valence-corrected chi connectivity index (χ0v) is 9.62. The highest BCUT2D eigenvalue weighted by Crippen LogP contribution is 2.14. The first-order valence-electron chi connectivity index (χ1n) is 5.25. The summed E-state index contributed by atoms with van der Waals surface area (Å²) >= 11 is 0. The van der Waals surface area contributed by atoms with Gasteiger partial charge in [-0.1, -0.05) is 0 Å². The summed E-state index contributed by atoms with van der Waals surface area (Å²) in [6.07, 6.45) is 1.31. The number of carbonyl (C=O) groups is 1. The minimum absolute atomic E-state index is 0.182. The van der Waals surface area contributed by atoms with E-state index in [4.69, 9.17) is 5.11 Å². The summed E-state index contributed by atoms with van der Waals surface area (Å²) in [7, 11) is 0. The lowest BCUT2D eigenvalue weighted by molar-refractivity contribution is 0.0697. The third-order valence-electron chi connectivity index (χ3n) is 2.62. The molecule has 0 radical (unpaired) electrons. The van der Waals surface area contributed by atoms with Gasteiger partial charge in [0.1, 0.15) is 0 Å². The highest BCUT2D eigenvalue weighted by molar-refractivity contribution is 5.87. The fourth-order valence-corrected chi connectivity index (χ4v) is 1.66. The molecular formula is C13H11NO4. The van der Waals surface area contributed by atoms with Gasteiger partial charge < -0.3 is 14.8 Å². The van der Waals surface area contributed by atoms with E-state index in [2.05, 4.69) is 0 Å². The Bertz CT molecular complexity index is 656. The predicted octanol–water partition coefficient (Wildman–Crippen LogP) is 1.55. The molecule has 0 unspecified atom stereocenters. The van der Waals surface area contributed by atoms with Crippen molar-refractivity contribution < 1.29 is 15.0 Å². The first-order chi connectivity index (χ1) is 8.49. The van der Waals surface area contributed by atoms with Gasteiger partial charge in [-0.05, 0) is 31.2 Å². The Balaban J connectivity index is 2.52. The number of hydrogen-bond acceptors (Lipinski definition) is 3. The average Bonchev–Trinajstić information content (AvgIpc) is 2.34. The summed E-state index contributed by atoms with van der Waals surface area (Å²) in [6, 6.07) is 7.47. The molecule has 0 atom stereocenters. The zero-order valence-electron chi connectivity index (χ0n) is 9.62. The lowest BCUT2D eigenvalue weighted by Gasteiger charge is -2.11. The molecule has 5 heteroatoms. The molecule has 0 aliphatic heterocycles. The predicted molar refractivity (Wildman–Crippen MR) is 65.4 cm³/mol. The summed E-state index contributed by atoms with van der Waals surface area (Å²) in [4.78, 5) is 22.0. The molecule has 92 valence electrons. The zero-order chi connectivity index (χ0) is 13.3. The Hall–Kier alpha value is -2.56. The molecule has 0 aliphatic carbocycles. The van der Waals surface area contributed by atoms with Gasteiger partial charge in [0.25, 0.3) is 0 Å². The Labute approximate surface area is 103 Å². The number of hydrogen-bond donors (Lipinski definition) is 2. The first-order valence-corrected chi connectivity index (χ1v) is 5.25. The summed E-state index contributed by atoms with van der Waals surface area (Å²) in [5.41, 5.74) is 1.07. The average molecular weight is 245 g/mol. The van der Waals surface area contributed by atoms with E-state index in [0.717, 1.165) is 0 Å². The van der Waals surface area contributed by atoms with Crippen LogP contribution < -0.4 is 5.43 Å². The molecule has 0 saturated heterocycles. The van der Waals surface area contributed by atoms with Crippen molar-refractivity contribution in [1.82, 2.24) is 4.57 Å². The van der Waals surface area contributed by atoms with Crippen LogP contribution in [0.2, 0.25) is 0 Å². The maximum atomic E-state index is 11.2. The minimum atomic E-state index is -0.999. The number of aromatic nitrogens is 1. The van der Waals surface area contributed by atoms with Gasteiger partial charge in [-0.25, -0.2) is 4.79 Å². The number of aromatic carboxylic acids is 1. The number of rotatable bonds is 2. The normalized spacial score (nSPS) is 10.3. The van der Waals surface area contributed by atoms with Crippen molar-refractivity contribution in [1.29, 1.82) is 0 Å². The van der Waals surface area contributed by atoms with Gasteiger partial charge in [0, 0.05) is 17.4 Å². The fraction of sp³-hybridized carbons (Fsp3) is 0.0769. The molecule has 1 aromatic carbocycles. The summed E-state index contributed by atoms with van der Waals surface area (Å²) < 4.78 is 1.61. The van der Waals surface area contributed by atoms with Crippen LogP contribution in [-0.4, -0.2) is 20.7 Å². The molecule has 1 aromatic heterocycles. The van der Waals surface area contributed by atoms with Gasteiger partial charge in [-0.3, -0.25) is 4.79 Å². The number of carboxylic acids is 1. The molecule has 0 bridgehead atoms. The van der Waals surface area contributed by atoms with Crippen LogP contribution in [0, 0.1) is 6.92 Å². The second-order valence-electron chi connectivity index (χ2n) is 3.89. The van der Waals surface area contributed by atoms with Crippen molar-refractivity contribution in [2.45, 2.75) is 6.92 Å². The molecule has 0 spiro atoms. The van der Waals surface area contributed by atoms with Crippen molar-refractivity contribution in [2.24, 2.45) is 0 Å². The third-order valence-corrected chi connectivity index (χ3v) is 2.62.